The summed E-state index contributed by atoms with van der Waals surface area (Å²) in [5.41, 5.74) is 5.34. The van der Waals surface area contributed by atoms with E-state index in [-0.39, 0.29) is 25.2 Å². The fourth-order valence-electron chi connectivity index (χ4n) is 6.97. The number of aryl methyl sites for hydroxylation is 2. The number of carbonyl (C=O) groups is 2. The molecule has 0 amide bonds. The summed E-state index contributed by atoms with van der Waals surface area (Å²) >= 11 is 0. The second-order valence-corrected chi connectivity index (χ2v) is 15.5. The van der Waals surface area contributed by atoms with Crippen LogP contribution in [0.4, 0.5) is 0 Å². The minimum Gasteiger partial charge on any atom is -0.461 e. The van der Waals surface area contributed by atoms with E-state index >= 15 is 0 Å². The highest BCUT2D eigenvalue weighted by molar-refractivity contribution is 5.91. The van der Waals surface area contributed by atoms with E-state index in [1.54, 1.807) is 0 Å². The van der Waals surface area contributed by atoms with Gasteiger partial charge in [-0.25, -0.2) is 4.79 Å². The molecule has 2 atom stereocenters. The Hall–Kier alpha value is -4.60. The third kappa shape index (κ3) is 10.7. The predicted molar refractivity (Wildman–Crippen MR) is 207 cm³/mol. The van der Waals surface area contributed by atoms with E-state index in [0.29, 0.717) is 42.8 Å². The van der Waals surface area contributed by atoms with Crippen LogP contribution in [0, 0.1) is 49.4 Å². The lowest BCUT2D eigenvalue weighted by Crippen LogP contribution is -2.41. The van der Waals surface area contributed by atoms with E-state index in [9.17, 15) is 9.59 Å². The smallest absolute Gasteiger partial charge is 0.334 e. The topological polar surface area (TPSA) is 75.0 Å². The number of hydrogen-bond acceptors (Lipinski definition) is 6. The van der Waals surface area contributed by atoms with Crippen LogP contribution < -0.4 is 0 Å². The molecular formula is C46H54O6. The summed E-state index contributed by atoms with van der Waals surface area (Å²) in [5, 5.41) is 0.974. The van der Waals surface area contributed by atoms with Gasteiger partial charge in [-0.05, 0) is 92.3 Å². The summed E-state index contributed by atoms with van der Waals surface area (Å²) in [7, 11) is 0. The fourth-order valence-corrected chi connectivity index (χ4v) is 6.97. The van der Waals surface area contributed by atoms with Crippen LogP contribution in [0.1, 0.15) is 93.9 Å². The average Bonchev–Trinajstić information content (AvgIpc) is 3.60. The van der Waals surface area contributed by atoms with Crippen LogP contribution in [-0.4, -0.2) is 30.8 Å². The largest absolute Gasteiger partial charge is 0.461 e. The second-order valence-electron chi connectivity index (χ2n) is 15.5. The van der Waals surface area contributed by atoms with Crippen LogP contribution >= 0.6 is 0 Å². The Kier molecular flexibility index (Phi) is 13.2. The first-order chi connectivity index (χ1) is 24.9. The van der Waals surface area contributed by atoms with Crippen molar-refractivity contribution in [3.8, 4) is 11.8 Å². The third-order valence-electron chi connectivity index (χ3n) is 9.68. The summed E-state index contributed by atoms with van der Waals surface area (Å²) in [6.07, 6.45) is 5.77. The number of esters is 2. The number of rotatable bonds is 15. The maximum absolute atomic E-state index is 13.5. The lowest BCUT2D eigenvalue weighted by Gasteiger charge is -2.27. The molecular weight excluding hydrogens is 649 g/mol. The molecule has 0 aliphatic carbocycles. The molecule has 1 aliphatic rings. The SMILES string of the molecule is Cc1ccc(C#Cc2ccc3oc(C[C@H](C)C(=O)OC[C@]4(COCc5ccccc5)C/C(=C\CC(CC(C)C)CC(C)C)C(=O)O4)c(C)c3c2)cc1. The zero-order valence-corrected chi connectivity index (χ0v) is 31.9. The molecule has 1 aromatic heterocycles. The van der Waals surface area contributed by atoms with E-state index in [4.69, 9.17) is 18.6 Å². The van der Waals surface area contributed by atoms with Gasteiger partial charge in [-0.1, -0.05) is 101 Å². The Bertz CT molecular complexity index is 1890. The first kappa shape index (κ1) is 38.6. The van der Waals surface area contributed by atoms with Crippen molar-refractivity contribution in [2.24, 2.45) is 23.7 Å². The average molecular weight is 703 g/mol. The fraction of sp³-hybridized carbons (Fsp3) is 0.435. The van der Waals surface area contributed by atoms with Crippen molar-refractivity contribution in [3.05, 3.63) is 118 Å². The molecule has 0 saturated carbocycles. The Labute approximate surface area is 309 Å². The van der Waals surface area contributed by atoms with Gasteiger partial charge in [-0.3, -0.25) is 4.79 Å². The Morgan fingerprint density at radius 1 is 0.885 bits per heavy atom. The van der Waals surface area contributed by atoms with Gasteiger partial charge in [0.2, 0.25) is 0 Å². The summed E-state index contributed by atoms with van der Waals surface area (Å²) in [6.45, 7) is 15.3. The molecule has 1 aliphatic heterocycles. The van der Waals surface area contributed by atoms with Crippen molar-refractivity contribution in [3.63, 3.8) is 0 Å². The molecule has 1 saturated heterocycles. The molecule has 5 rings (SSSR count). The van der Waals surface area contributed by atoms with Gasteiger partial charge < -0.3 is 18.6 Å². The van der Waals surface area contributed by atoms with Gasteiger partial charge >= 0.3 is 11.9 Å². The molecule has 4 aromatic rings. The third-order valence-corrected chi connectivity index (χ3v) is 9.68. The number of hydrogen-bond donors (Lipinski definition) is 0. The van der Waals surface area contributed by atoms with Gasteiger partial charge in [0.25, 0.3) is 0 Å². The van der Waals surface area contributed by atoms with Gasteiger partial charge in [-0.2, -0.15) is 0 Å². The van der Waals surface area contributed by atoms with E-state index < -0.39 is 11.5 Å². The van der Waals surface area contributed by atoms with Crippen LogP contribution in [0.2, 0.25) is 0 Å². The molecule has 274 valence electrons. The summed E-state index contributed by atoms with van der Waals surface area (Å²) in [4.78, 5) is 26.7. The minimum absolute atomic E-state index is 0.0857. The molecule has 52 heavy (non-hydrogen) atoms. The molecule has 1 fully saturated rings. The van der Waals surface area contributed by atoms with E-state index in [1.165, 1.54) is 5.56 Å². The highest BCUT2D eigenvalue weighted by atomic mass is 16.6. The highest BCUT2D eigenvalue weighted by Gasteiger charge is 2.45. The number of fused-ring (bicyclic) bond motifs is 1. The van der Waals surface area contributed by atoms with Gasteiger partial charge in [-0.15, -0.1) is 0 Å². The van der Waals surface area contributed by atoms with Gasteiger partial charge in [0.05, 0.1) is 19.1 Å². The monoisotopic (exact) mass is 702 g/mol. The van der Waals surface area contributed by atoms with Crippen molar-refractivity contribution in [1.29, 1.82) is 0 Å². The predicted octanol–water partition coefficient (Wildman–Crippen LogP) is 10.1. The van der Waals surface area contributed by atoms with Crippen LogP contribution in [-0.2, 0) is 36.8 Å². The Balaban J connectivity index is 1.25. The first-order valence-corrected chi connectivity index (χ1v) is 18.7. The standard InChI is InChI=1S/C46H54O6/c1-31(2)23-39(24-32(3)4)19-21-40-27-46(52-45(40)48,29-49-28-38-11-9-8-10-12-38)30-50-44(47)34(6)25-43-35(7)41-26-37(20-22-42(41)51-43)18-17-36-15-13-33(5)14-16-36/h8-16,20-22,26,31-32,34,39H,19,23-25,27-30H2,1-7H3/b40-21+/t34-,46+/m0/s1. The second kappa shape index (κ2) is 17.8. The lowest BCUT2D eigenvalue weighted by molar-refractivity contribution is -0.171. The molecule has 3 aromatic carbocycles. The summed E-state index contributed by atoms with van der Waals surface area (Å²) in [6, 6.07) is 23.9. The van der Waals surface area contributed by atoms with Gasteiger partial charge in [0, 0.05) is 34.9 Å². The number of benzene rings is 3. The minimum atomic E-state index is -1.09. The van der Waals surface area contributed by atoms with Crippen LogP contribution in [0.25, 0.3) is 11.0 Å². The number of cyclic esters (lactones) is 1. The highest BCUT2D eigenvalue weighted by Crippen LogP contribution is 2.35. The Morgan fingerprint density at radius 2 is 1.56 bits per heavy atom. The first-order valence-electron chi connectivity index (χ1n) is 18.7. The molecule has 0 N–H and O–H groups in total. The van der Waals surface area contributed by atoms with Crippen molar-refractivity contribution in [2.75, 3.05) is 13.2 Å². The number of allylic oxidation sites excluding steroid dienone is 1. The molecule has 0 bridgehead atoms. The zero-order chi connectivity index (χ0) is 37.3. The Morgan fingerprint density at radius 3 is 2.25 bits per heavy atom. The maximum atomic E-state index is 13.5. The number of carbonyl (C=O) groups excluding carboxylic acids is 2. The molecule has 0 spiro atoms. The summed E-state index contributed by atoms with van der Waals surface area (Å²) in [5.74, 6) is 7.64. The maximum Gasteiger partial charge on any atom is 0.334 e. The van der Waals surface area contributed by atoms with E-state index in [0.717, 1.165) is 58.2 Å². The molecule has 6 heteroatoms. The van der Waals surface area contributed by atoms with E-state index in [2.05, 4.69) is 58.6 Å². The zero-order valence-electron chi connectivity index (χ0n) is 31.9. The number of ether oxygens (including phenoxy) is 3. The van der Waals surface area contributed by atoms with Crippen molar-refractivity contribution < 1.29 is 28.2 Å². The van der Waals surface area contributed by atoms with Gasteiger partial charge in [0.1, 0.15) is 18.0 Å². The summed E-state index contributed by atoms with van der Waals surface area (Å²) < 4.78 is 24.3. The molecule has 0 unspecified atom stereocenters. The van der Waals surface area contributed by atoms with Crippen LogP contribution in [0.5, 0.6) is 0 Å². The van der Waals surface area contributed by atoms with Crippen molar-refractivity contribution in [2.45, 2.75) is 92.8 Å². The van der Waals surface area contributed by atoms with Gasteiger partial charge in [0.15, 0.2) is 5.60 Å². The number of furan rings is 1. The normalized spacial score (nSPS) is 17.2. The quantitative estimate of drug-likeness (QED) is 0.0698. The molecule has 6 nitrogen and oxygen atoms in total. The lowest BCUT2D eigenvalue weighted by atomic mass is 9.86. The van der Waals surface area contributed by atoms with Crippen LogP contribution in [0.3, 0.4) is 0 Å². The van der Waals surface area contributed by atoms with E-state index in [1.807, 2.05) is 80.6 Å². The van der Waals surface area contributed by atoms with Crippen LogP contribution in [0.15, 0.2) is 88.9 Å². The molecule has 0 radical (unpaired) electrons. The van der Waals surface area contributed by atoms with Crippen molar-refractivity contribution in [1.82, 2.24) is 0 Å². The van der Waals surface area contributed by atoms with Crippen molar-refractivity contribution >= 4 is 22.9 Å². The molecule has 2 heterocycles.